The number of benzene rings is 1. The maximum absolute atomic E-state index is 9.73. The van der Waals surface area contributed by atoms with Crippen LogP contribution in [0.3, 0.4) is 0 Å². The van der Waals surface area contributed by atoms with E-state index in [2.05, 4.69) is 15.9 Å². The third kappa shape index (κ3) is 3.01. The lowest BCUT2D eigenvalue weighted by Crippen LogP contribution is -2.19. The fourth-order valence-corrected chi connectivity index (χ4v) is 1.74. The average Bonchev–Trinajstić information content (AvgIpc) is 2.26. The largest absolute Gasteiger partial charge is 0.392 e. The van der Waals surface area contributed by atoms with Crippen LogP contribution in [-0.4, -0.2) is 26.8 Å². The Morgan fingerprint density at radius 3 is 2.47 bits per heavy atom. The van der Waals surface area contributed by atoms with Crippen molar-refractivity contribution >= 4 is 15.9 Å². The molecule has 0 radical (unpaired) electrons. The fraction of sp³-hybridized carbons (Fsp3) is 0.455. The van der Waals surface area contributed by atoms with Gasteiger partial charge in [-0.2, -0.15) is 0 Å². The van der Waals surface area contributed by atoms with E-state index in [0.717, 1.165) is 11.1 Å². The molecule has 84 valence electrons. The molecule has 2 atom stereocenters. The topological polar surface area (TPSA) is 60.7 Å². The molecule has 0 bridgehead atoms. The Morgan fingerprint density at radius 1 is 1.33 bits per heavy atom. The summed E-state index contributed by atoms with van der Waals surface area (Å²) in [5, 5.41) is 28.5. The zero-order valence-electron chi connectivity index (χ0n) is 8.52. The lowest BCUT2D eigenvalue weighted by Gasteiger charge is -2.17. The van der Waals surface area contributed by atoms with Gasteiger partial charge in [0.1, 0.15) is 6.10 Å². The van der Waals surface area contributed by atoms with Gasteiger partial charge in [-0.25, -0.2) is 0 Å². The number of alkyl halides is 1. The molecule has 0 amide bonds. The van der Waals surface area contributed by atoms with Gasteiger partial charge in [0.2, 0.25) is 0 Å². The maximum Gasteiger partial charge on any atom is 0.106 e. The van der Waals surface area contributed by atoms with Gasteiger partial charge in [-0.05, 0) is 23.6 Å². The molecule has 0 aliphatic heterocycles. The Kier molecular flexibility index (Phi) is 4.73. The van der Waals surface area contributed by atoms with Gasteiger partial charge in [0.05, 0.1) is 12.7 Å². The maximum atomic E-state index is 9.73. The molecule has 0 saturated carbocycles. The van der Waals surface area contributed by atoms with E-state index in [4.69, 9.17) is 5.11 Å². The van der Waals surface area contributed by atoms with Gasteiger partial charge in [0, 0.05) is 5.33 Å². The van der Waals surface area contributed by atoms with E-state index in [1.807, 2.05) is 6.92 Å². The van der Waals surface area contributed by atoms with Crippen molar-refractivity contribution in [3.63, 3.8) is 0 Å². The molecular formula is C11H15BrO3. The Hall–Kier alpha value is -0.420. The normalized spacial score (nSPS) is 15.0. The van der Waals surface area contributed by atoms with Crippen molar-refractivity contribution in [2.75, 3.05) is 5.33 Å². The van der Waals surface area contributed by atoms with Crippen LogP contribution in [0.5, 0.6) is 0 Å². The number of hydrogen-bond acceptors (Lipinski definition) is 3. The molecule has 0 spiro atoms. The molecule has 0 fully saturated rings. The molecule has 0 saturated heterocycles. The highest BCUT2D eigenvalue weighted by molar-refractivity contribution is 9.09. The molecule has 3 nitrogen and oxygen atoms in total. The minimum atomic E-state index is -0.893. The molecule has 15 heavy (non-hydrogen) atoms. The van der Waals surface area contributed by atoms with E-state index in [0.29, 0.717) is 10.9 Å². The van der Waals surface area contributed by atoms with Crippen LogP contribution in [0.15, 0.2) is 18.2 Å². The van der Waals surface area contributed by atoms with Gasteiger partial charge >= 0.3 is 0 Å². The van der Waals surface area contributed by atoms with Crippen LogP contribution in [0.1, 0.15) is 22.8 Å². The highest BCUT2D eigenvalue weighted by atomic mass is 79.9. The van der Waals surface area contributed by atoms with Crippen LogP contribution in [0, 0.1) is 6.92 Å². The van der Waals surface area contributed by atoms with E-state index in [1.54, 1.807) is 18.2 Å². The van der Waals surface area contributed by atoms with Gasteiger partial charge < -0.3 is 15.3 Å². The van der Waals surface area contributed by atoms with Crippen LogP contribution in [0.2, 0.25) is 0 Å². The second-order valence-electron chi connectivity index (χ2n) is 3.51. The minimum absolute atomic E-state index is 0.0107. The summed E-state index contributed by atoms with van der Waals surface area (Å²) in [6, 6.07) is 5.26. The fourth-order valence-electron chi connectivity index (χ4n) is 1.39. The van der Waals surface area contributed by atoms with Crippen LogP contribution in [0.25, 0.3) is 0 Å². The summed E-state index contributed by atoms with van der Waals surface area (Å²) in [4.78, 5) is 0. The van der Waals surface area contributed by atoms with Crippen molar-refractivity contribution in [2.24, 2.45) is 0 Å². The second-order valence-corrected chi connectivity index (χ2v) is 4.16. The monoisotopic (exact) mass is 274 g/mol. The Balaban J connectivity index is 2.92. The molecule has 0 aromatic heterocycles. The third-order valence-corrected chi connectivity index (χ3v) is 3.06. The van der Waals surface area contributed by atoms with Gasteiger partial charge in [0.25, 0.3) is 0 Å². The molecule has 4 heteroatoms. The predicted molar refractivity (Wildman–Crippen MR) is 61.9 cm³/mol. The van der Waals surface area contributed by atoms with Gasteiger partial charge in [0.15, 0.2) is 0 Å². The molecule has 1 rings (SSSR count). The standard InChI is InChI=1S/C11H15BrO3/c1-7-4-8(2-3-9(7)6-13)11(15)10(14)5-12/h2-4,10-11,13-15H,5-6H2,1H3. The van der Waals surface area contributed by atoms with Crippen LogP contribution < -0.4 is 0 Å². The summed E-state index contributed by atoms with van der Waals surface area (Å²) in [6.45, 7) is 1.85. The van der Waals surface area contributed by atoms with E-state index >= 15 is 0 Å². The first-order valence-corrected chi connectivity index (χ1v) is 5.84. The third-order valence-electron chi connectivity index (χ3n) is 2.40. The predicted octanol–water partition coefficient (Wildman–Crippen LogP) is 1.28. The first-order chi connectivity index (χ1) is 7.10. The Bertz CT molecular complexity index is 328. The van der Waals surface area contributed by atoms with Crippen molar-refractivity contribution in [1.82, 2.24) is 0 Å². The van der Waals surface area contributed by atoms with Crippen molar-refractivity contribution < 1.29 is 15.3 Å². The summed E-state index contributed by atoms with van der Waals surface area (Å²) >= 11 is 3.11. The summed E-state index contributed by atoms with van der Waals surface area (Å²) in [5.41, 5.74) is 2.41. The van der Waals surface area contributed by atoms with Gasteiger partial charge in [-0.15, -0.1) is 0 Å². The quantitative estimate of drug-likeness (QED) is 0.725. The van der Waals surface area contributed by atoms with Crippen LogP contribution >= 0.6 is 15.9 Å². The van der Waals surface area contributed by atoms with E-state index in [9.17, 15) is 10.2 Å². The summed E-state index contributed by atoms with van der Waals surface area (Å²) in [5.74, 6) is 0. The van der Waals surface area contributed by atoms with E-state index < -0.39 is 12.2 Å². The van der Waals surface area contributed by atoms with E-state index in [-0.39, 0.29) is 6.61 Å². The van der Waals surface area contributed by atoms with Crippen molar-refractivity contribution in [1.29, 1.82) is 0 Å². The van der Waals surface area contributed by atoms with Gasteiger partial charge in [-0.1, -0.05) is 34.1 Å². The summed E-state index contributed by atoms with van der Waals surface area (Å²) in [7, 11) is 0. The highest BCUT2D eigenvalue weighted by Crippen LogP contribution is 2.21. The van der Waals surface area contributed by atoms with Gasteiger partial charge in [-0.3, -0.25) is 0 Å². The molecular weight excluding hydrogens is 260 g/mol. The molecule has 2 unspecified atom stereocenters. The van der Waals surface area contributed by atoms with Crippen molar-refractivity contribution in [2.45, 2.75) is 25.7 Å². The molecule has 1 aromatic carbocycles. The lowest BCUT2D eigenvalue weighted by atomic mass is 10.00. The SMILES string of the molecule is Cc1cc(C(O)C(O)CBr)ccc1CO. The Labute approximate surface area is 97.5 Å². The molecule has 3 N–H and O–H groups in total. The smallest absolute Gasteiger partial charge is 0.106 e. The van der Waals surface area contributed by atoms with Crippen molar-refractivity contribution in [3.8, 4) is 0 Å². The molecule has 0 aliphatic rings. The average molecular weight is 275 g/mol. The highest BCUT2D eigenvalue weighted by Gasteiger charge is 2.17. The number of aliphatic hydroxyl groups excluding tert-OH is 3. The van der Waals surface area contributed by atoms with Crippen LogP contribution in [-0.2, 0) is 6.61 Å². The number of halogens is 1. The number of aliphatic hydroxyl groups is 3. The van der Waals surface area contributed by atoms with E-state index in [1.165, 1.54) is 0 Å². The molecule has 0 heterocycles. The number of aryl methyl sites for hydroxylation is 1. The summed E-state index contributed by atoms with van der Waals surface area (Å²) < 4.78 is 0. The second kappa shape index (κ2) is 5.61. The van der Waals surface area contributed by atoms with Crippen molar-refractivity contribution in [3.05, 3.63) is 34.9 Å². The summed E-state index contributed by atoms with van der Waals surface area (Å²) in [6.07, 6.45) is -1.71. The number of rotatable bonds is 4. The molecule has 1 aromatic rings. The lowest BCUT2D eigenvalue weighted by molar-refractivity contribution is 0.0342. The first kappa shape index (κ1) is 12.6. The number of hydrogen-bond donors (Lipinski definition) is 3. The zero-order chi connectivity index (χ0) is 11.4. The van der Waals surface area contributed by atoms with Crippen LogP contribution in [0.4, 0.5) is 0 Å². The minimum Gasteiger partial charge on any atom is -0.392 e. The molecule has 0 aliphatic carbocycles. The first-order valence-electron chi connectivity index (χ1n) is 4.72. The Morgan fingerprint density at radius 2 is 2.00 bits per heavy atom. The zero-order valence-corrected chi connectivity index (χ0v) is 10.1.